The smallest absolute Gasteiger partial charge is 0.256 e. The Morgan fingerprint density at radius 1 is 1.25 bits per heavy atom. The predicted molar refractivity (Wildman–Crippen MR) is 125 cm³/mol. The Kier molecular flexibility index (Phi) is 7.62. The second-order valence-corrected chi connectivity index (χ2v) is 9.49. The molecule has 3 aromatic rings. The fourth-order valence-electron chi connectivity index (χ4n) is 2.83. The largest absolute Gasteiger partial charge is 0.382 e. The minimum absolute atomic E-state index is 0.0860. The highest BCUT2D eigenvalue weighted by molar-refractivity contribution is 7.89. The van der Waals surface area contributed by atoms with Gasteiger partial charge in [0.15, 0.2) is 0 Å². The van der Waals surface area contributed by atoms with Gasteiger partial charge in [-0.3, -0.25) is 4.79 Å². The predicted octanol–water partition coefficient (Wildman–Crippen LogP) is 3.06. The minimum Gasteiger partial charge on any atom is -0.382 e. The van der Waals surface area contributed by atoms with Gasteiger partial charge in [-0.2, -0.15) is 0 Å². The molecule has 168 valence electrons. The van der Waals surface area contributed by atoms with E-state index in [0.29, 0.717) is 34.9 Å². The summed E-state index contributed by atoms with van der Waals surface area (Å²) in [5.41, 5.74) is 1.99. The van der Waals surface area contributed by atoms with Crippen molar-refractivity contribution in [2.24, 2.45) is 4.99 Å². The first-order valence-electron chi connectivity index (χ1n) is 9.64. The number of carbonyl (C=O) groups excluding carboxylic acids is 1. The topological polar surface area (TPSA) is 120 Å². The molecule has 3 N–H and O–H groups in total. The molecule has 3 rings (SSSR count). The number of amides is 1. The Balaban J connectivity index is 1.84. The number of aromatic nitrogens is 2. The summed E-state index contributed by atoms with van der Waals surface area (Å²) in [5, 5.41) is 6.18. The second kappa shape index (κ2) is 10.4. The quantitative estimate of drug-likeness (QED) is 0.325. The molecule has 32 heavy (non-hydrogen) atoms. The number of imidazole rings is 1. The highest BCUT2D eigenvalue weighted by Gasteiger charge is 2.23. The standard InChI is InChI=1S/C21H23ClN6O3S/c1-28(2)32(30,31)19-8-4-7-18(20(19)24-10-9-17-12-23-13-25-17)26-14-27-21(29)15-5-3-6-16(22)11-15/h3-8,11-14,24H,9-10H2,1-2H3,(H,23,25)(H,26,27,29). The molecule has 11 heteroatoms. The summed E-state index contributed by atoms with van der Waals surface area (Å²) >= 11 is 5.92. The zero-order valence-electron chi connectivity index (χ0n) is 17.5. The van der Waals surface area contributed by atoms with Gasteiger partial charge in [0, 0.05) is 49.5 Å². The molecular weight excluding hydrogens is 452 g/mol. The summed E-state index contributed by atoms with van der Waals surface area (Å²) < 4.78 is 26.8. The Labute approximate surface area is 191 Å². The molecule has 0 spiro atoms. The van der Waals surface area contributed by atoms with Crippen molar-refractivity contribution < 1.29 is 13.2 Å². The van der Waals surface area contributed by atoms with Crippen LogP contribution >= 0.6 is 11.6 Å². The van der Waals surface area contributed by atoms with Crippen LogP contribution in [0.25, 0.3) is 0 Å². The first-order valence-corrected chi connectivity index (χ1v) is 11.5. The summed E-state index contributed by atoms with van der Waals surface area (Å²) in [6.45, 7) is 0.444. The molecule has 1 amide bonds. The van der Waals surface area contributed by atoms with Crippen LogP contribution in [0.5, 0.6) is 0 Å². The maximum absolute atomic E-state index is 12.8. The van der Waals surface area contributed by atoms with Gasteiger partial charge < -0.3 is 15.6 Å². The van der Waals surface area contributed by atoms with Gasteiger partial charge >= 0.3 is 0 Å². The van der Waals surface area contributed by atoms with E-state index in [1.807, 2.05) is 0 Å². The van der Waals surface area contributed by atoms with Crippen LogP contribution in [0.3, 0.4) is 0 Å². The highest BCUT2D eigenvalue weighted by atomic mass is 35.5. The Morgan fingerprint density at radius 3 is 2.72 bits per heavy atom. The monoisotopic (exact) mass is 474 g/mol. The number of halogens is 1. The molecule has 0 aliphatic heterocycles. The first kappa shape index (κ1) is 23.5. The molecule has 0 aliphatic rings. The third-order valence-electron chi connectivity index (χ3n) is 4.50. The number of hydrogen-bond donors (Lipinski definition) is 3. The third-order valence-corrected chi connectivity index (χ3v) is 6.59. The van der Waals surface area contributed by atoms with Crippen molar-refractivity contribution >= 4 is 45.2 Å². The second-order valence-electron chi connectivity index (χ2n) is 6.93. The third kappa shape index (κ3) is 5.72. The maximum atomic E-state index is 12.8. The number of nitrogens with one attached hydrogen (secondary N) is 3. The summed E-state index contributed by atoms with van der Waals surface area (Å²) in [7, 11) is -0.802. The summed E-state index contributed by atoms with van der Waals surface area (Å²) in [6.07, 6.45) is 5.11. The molecule has 0 fully saturated rings. The van der Waals surface area contributed by atoms with E-state index < -0.39 is 10.0 Å². The number of para-hydroxylation sites is 1. The molecule has 0 radical (unpaired) electrons. The van der Waals surface area contributed by atoms with E-state index in [1.54, 1.807) is 42.9 Å². The van der Waals surface area contributed by atoms with Crippen LogP contribution in [-0.2, 0) is 16.4 Å². The molecule has 0 saturated carbocycles. The minimum atomic E-state index is -3.73. The molecular formula is C21H23ClN6O3S. The van der Waals surface area contributed by atoms with Gasteiger partial charge in [-0.25, -0.2) is 22.7 Å². The van der Waals surface area contributed by atoms with Crippen LogP contribution in [0.4, 0.5) is 11.4 Å². The van der Waals surface area contributed by atoms with Crippen LogP contribution in [0.15, 0.2) is 64.9 Å². The number of sulfonamides is 1. The van der Waals surface area contributed by atoms with E-state index >= 15 is 0 Å². The van der Waals surface area contributed by atoms with Gasteiger partial charge in [-0.15, -0.1) is 0 Å². The number of benzene rings is 2. The lowest BCUT2D eigenvalue weighted by molar-refractivity contribution is 0.0978. The van der Waals surface area contributed by atoms with E-state index in [2.05, 4.69) is 25.6 Å². The Hall–Kier alpha value is -3.21. The fraction of sp³-hybridized carbons (Fsp3) is 0.190. The van der Waals surface area contributed by atoms with Crippen molar-refractivity contribution in [1.82, 2.24) is 19.6 Å². The zero-order chi connectivity index (χ0) is 23.1. The number of hydrogen-bond acceptors (Lipinski definition) is 6. The van der Waals surface area contributed by atoms with E-state index in [0.717, 1.165) is 10.00 Å². The highest BCUT2D eigenvalue weighted by Crippen LogP contribution is 2.33. The normalized spacial score (nSPS) is 11.8. The average Bonchev–Trinajstić information content (AvgIpc) is 3.27. The SMILES string of the molecule is CN(C)S(=O)(=O)c1cccc(N=CNC(=O)c2cccc(Cl)c2)c1NCCc1cnc[nH]1. The van der Waals surface area contributed by atoms with Gasteiger partial charge in [0.1, 0.15) is 4.90 Å². The number of aromatic amines is 1. The molecule has 0 bridgehead atoms. The van der Waals surface area contributed by atoms with Gasteiger partial charge in [-0.05, 0) is 30.3 Å². The van der Waals surface area contributed by atoms with Crippen LogP contribution in [0.1, 0.15) is 16.1 Å². The maximum Gasteiger partial charge on any atom is 0.256 e. The van der Waals surface area contributed by atoms with E-state index in [-0.39, 0.29) is 10.8 Å². The van der Waals surface area contributed by atoms with Gasteiger partial charge in [0.25, 0.3) is 5.91 Å². The molecule has 9 nitrogen and oxygen atoms in total. The van der Waals surface area contributed by atoms with E-state index in [4.69, 9.17) is 11.6 Å². The number of nitrogens with zero attached hydrogens (tertiary/aromatic N) is 3. The molecule has 1 aromatic heterocycles. The lowest BCUT2D eigenvalue weighted by Crippen LogP contribution is -2.24. The summed E-state index contributed by atoms with van der Waals surface area (Å²) in [5.74, 6) is -0.387. The van der Waals surface area contributed by atoms with Crippen molar-refractivity contribution in [2.45, 2.75) is 11.3 Å². The van der Waals surface area contributed by atoms with Crippen molar-refractivity contribution in [2.75, 3.05) is 26.0 Å². The number of aliphatic imine (C=N–C) groups is 1. The fourth-order valence-corrected chi connectivity index (χ4v) is 4.10. The molecule has 0 aliphatic carbocycles. The van der Waals surface area contributed by atoms with E-state index in [1.165, 1.54) is 32.6 Å². The average molecular weight is 475 g/mol. The van der Waals surface area contributed by atoms with Crippen molar-refractivity contribution in [1.29, 1.82) is 0 Å². The summed E-state index contributed by atoms with van der Waals surface area (Å²) in [6, 6.07) is 11.3. The molecule has 1 heterocycles. The number of rotatable bonds is 9. The van der Waals surface area contributed by atoms with Crippen molar-refractivity contribution in [3.63, 3.8) is 0 Å². The molecule has 0 atom stereocenters. The van der Waals surface area contributed by atoms with Crippen molar-refractivity contribution in [3.05, 3.63) is 71.3 Å². The number of H-pyrrole nitrogens is 1. The van der Waals surface area contributed by atoms with Gasteiger partial charge in [0.2, 0.25) is 10.0 Å². The van der Waals surface area contributed by atoms with Crippen LogP contribution in [0.2, 0.25) is 5.02 Å². The zero-order valence-corrected chi connectivity index (χ0v) is 19.1. The van der Waals surface area contributed by atoms with Crippen LogP contribution < -0.4 is 10.6 Å². The summed E-state index contributed by atoms with van der Waals surface area (Å²) in [4.78, 5) is 23.7. The lowest BCUT2D eigenvalue weighted by Gasteiger charge is -2.17. The van der Waals surface area contributed by atoms with Gasteiger partial charge in [-0.1, -0.05) is 23.7 Å². The number of anilines is 1. The first-order chi connectivity index (χ1) is 15.3. The number of carbonyl (C=O) groups is 1. The van der Waals surface area contributed by atoms with Gasteiger partial charge in [0.05, 0.1) is 24.0 Å². The van der Waals surface area contributed by atoms with Crippen LogP contribution in [-0.4, -0.2) is 55.6 Å². The molecule has 2 aromatic carbocycles. The van der Waals surface area contributed by atoms with E-state index in [9.17, 15) is 13.2 Å². The lowest BCUT2D eigenvalue weighted by atomic mass is 10.2. The van der Waals surface area contributed by atoms with Crippen LogP contribution in [0, 0.1) is 0 Å². The molecule has 0 unspecified atom stereocenters. The van der Waals surface area contributed by atoms with Crippen molar-refractivity contribution in [3.8, 4) is 0 Å². The Morgan fingerprint density at radius 2 is 2.03 bits per heavy atom. The molecule has 0 saturated heterocycles. The Bertz CT molecular complexity index is 1210.